The molecule has 0 saturated carbocycles. The molecule has 0 amide bonds. The topological polar surface area (TPSA) is 83.7 Å². The van der Waals surface area contributed by atoms with Crippen LogP contribution in [0.1, 0.15) is 10.4 Å². The summed E-state index contributed by atoms with van der Waals surface area (Å²) in [6.07, 6.45) is 1.94. The quantitative estimate of drug-likeness (QED) is 0.275. The molecule has 0 aliphatic rings. The van der Waals surface area contributed by atoms with Gasteiger partial charge >= 0.3 is 0 Å². The Labute approximate surface area is 62.1 Å². The van der Waals surface area contributed by atoms with Crippen LogP contribution in [0.15, 0.2) is 11.3 Å². The Balaban J connectivity index is 3.27. The minimum absolute atomic E-state index is 0.238. The lowest BCUT2D eigenvalue weighted by Gasteiger charge is -1.90. The molecule has 1 rings (SSSR count). The number of aromatic nitrogens is 2. The highest BCUT2D eigenvalue weighted by molar-refractivity contribution is 5.80. The van der Waals surface area contributed by atoms with E-state index in [-0.39, 0.29) is 5.82 Å². The standard InChI is InChI=1S/C5H5N5O/c1-10-5(8-9-6)4(3-11)2-7-10/h2-3H,1H3. The number of hydrogen-bond donors (Lipinski definition) is 0. The minimum Gasteiger partial charge on any atom is -0.298 e. The zero-order valence-corrected chi connectivity index (χ0v) is 5.80. The van der Waals surface area contributed by atoms with Gasteiger partial charge < -0.3 is 0 Å². The summed E-state index contributed by atoms with van der Waals surface area (Å²) in [4.78, 5) is 12.8. The van der Waals surface area contributed by atoms with Crippen molar-refractivity contribution in [3.05, 3.63) is 22.2 Å². The fourth-order valence-electron chi connectivity index (χ4n) is 0.696. The Kier molecular flexibility index (Phi) is 1.89. The van der Waals surface area contributed by atoms with E-state index in [0.717, 1.165) is 0 Å². The van der Waals surface area contributed by atoms with Crippen molar-refractivity contribution in [3.63, 3.8) is 0 Å². The van der Waals surface area contributed by atoms with Crippen LogP contribution in [0, 0.1) is 0 Å². The summed E-state index contributed by atoms with van der Waals surface area (Å²) in [5.74, 6) is 0.238. The minimum atomic E-state index is 0.238. The summed E-state index contributed by atoms with van der Waals surface area (Å²) in [6, 6.07) is 0. The van der Waals surface area contributed by atoms with Gasteiger partial charge in [0.25, 0.3) is 0 Å². The van der Waals surface area contributed by atoms with Crippen LogP contribution in [0.25, 0.3) is 10.4 Å². The van der Waals surface area contributed by atoms with Crippen molar-refractivity contribution in [1.29, 1.82) is 0 Å². The summed E-state index contributed by atoms with van der Waals surface area (Å²) in [7, 11) is 1.59. The highest BCUT2D eigenvalue weighted by Crippen LogP contribution is 2.14. The summed E-state index contributed by atoms with van der Waals surface area (Å²) in [5.41, 5.74) is 8.38. The number of carbonyl (C=O) groups is 1. The number of hydrogen-bond acceptors (Lipinski definition) is 3. The molecule has 0 spiro atoms. The average molecular weight is 151 g/mol. The van der Waals surface area contributed by atoms with E-state index in [0.29, 0.717) is 11.8 Å². The van der Waals surface area contributed by atoms with Crippen molar-refractivity contribution in [3.8, 4) is 0 Å². The van der Waals surface area contributed by atoms with Gasteiger partial charge in [0.2, 0.25) is 0 Å². The van der Waals surface area contributed by atoms with E-state index < -0.39 is 0 Å². The molecule has 1 aromatic rings. The van der Waals surface area contributed by atoms with Gasteiger partial charge in [-0.05, 0) is 10.6 Å². The Hall–Kier alpha value is -1.81. The largest absolute Gasteiger partial charge is 0.298 e. The van der Waals surface area contributed by atoms with Crippen molar-refractivity contribution in [2.24, 2.45) is 12.2 Å². The maximum atomic E-state index is 10.3. The van der Waals surface area contributed by atoms with Crippen molar-refractivity contribution in [2.45, 2.75) is 0 Å². The SMILES string of the molecule is Cn1ncc(C=O)c1N=[N+]=[N-]. The van der Waals surface area contributed by atoms with E-state index >= 15 is 0 Å². The fourth-order valence-corrected chi connectivity index (χ4v) is 0.696. The van der Waals surface area contributed by atoms with Crippen molar-refractivity contribution in [2.75, 3.05) is 0 Å². The van der Waals surface area contributed by atoms with Gasteiger partial charge in [0.05, 0.1) is 11.8 Å². The Morgan fingerprint density at radius 2 is 2.64 bits per heavy atom. The normalized spacial score (nSPS) is 8.82. The Morgan fingerprint density at radius 3 is 3.18 bits per heavy atom. The number of rotatable bonds is 2. The zero-order chi connectivity index (χ0) is 8.27. The first-order valence-electron chi connectivity index (χ1n) is 2.82. The monoisotopic (exact) mass is 151 g/mol. The van der Waals surface area contributed by atoms with Crippen LogP contribution in [0.4, 0.5) is 5.82 Å². The Bertz CT molecular complexity index is 322. The lowest BCUT2D eigenvalue weighted by Crippen LogP contribution is -1.87. The molecule has 0 aromatic carbocycles. The highest BCUT2D eigenvalue weighted by atomic mass is 16.1. The molecule has 6 heteroatoms. The van der Waals surface area contributed by atoms with Crippen molar-refractivity contribution in [1.82, 2.24) is 9.78 Å². The van der Waals surface area contributed by atoms with Crippen LogP contribution in [0.5, 0.6) is 0 Å². The predicted molar refractivity (Wildman–Crippen MR) is 37.4 cm³/mol. The fraction of sp³-hybridized carbons (Fsp3) is 0.200. The van der Waals surface area contributed by atoms with Crippen LogP contribution in [0.3, 0.4) is 0 Å². The van der Waals surface area contributed by atoms with E-state index in [4.69, 9.17) is 5.53 Å². The zero-order valence-electron chi connectivity index (χ0n) is 5.80. The van der Waals surface area contributed by atoms with Crippen LogP contribution in [0.2, 0.25) is 0 Å². The van der Waals surface area contributed by atoms with E-state index in [2.05, 4.69) is 15.1 Å². The molecule has 1 heterocycles. The van der Waals surface area contributed by atoms with E-state index in [1.54, 1.807) is 7.05 Å². The third kappa shape index (κ3) is 1.20. The van der Waals surface area contributed by atoms with Gasteiger partial charge in [-0.2, -0.15) is 5.10 Å². The average Bonchev–Trinajstić information content (AvgIpc) is 2.34. The number of aryl methyl sites for hydroxylation is 1. The summed E-state index contributed by atoms with van der Waals surface area (Å²) < 4.78 is 1.34. The maximum absolute atomic E-state index is 10.3. The lowest BCUT2D eigenvalue weighted by molar-refractivity contribution is 0.112. The molecule has 0 atom stereocenters. The van der Waals surface area contributed by atoms with Gasteiger partial charge in [0, 0.05) is 12.0 Å². The number of aldehydes is 1. The Morgan fingerprint density at radius 1 is 1.91 bits per heavy atom. The molecule has 0 unspecified atom stereocenters. The third-order valence-electron chi connectivity index (χ3n) is 1.20. The van der Waals surface area contributed by atoms with Gasteiger partial charge in [-0.1, -0.05) is 0 Å². The van der Waals surface area contributed by atoms with Gasteiger partial charge in [0.15, 0.2) is 6.29 Å². The molecule has 0 bridgehead atoms. The molecule has 6 nitrogen and oxygen atoms in total. The number of carbonyl (C=O) groups excluding carboxylic acids is 1. The lowest BCUT2D eigenvalue weighted by atomic mass is 10.4. The number of azide groups is 1. The van der Waals surface area contributed by atoms with Crippen LogP contribution in [-0.4, -0.2) is 16.1 Å². The van der Waals surface area contributed by atoms with E-state index in [9.17, 15) is 4.79 Å². The first-order valence-corrected chi connectivity index (χ1v) is 2.82. The van der Waals surface area contributed by atoms with Gasteiger partial charge in [-0.25, -0.2) is 0 Å². The second-order valence-corrected chi connectivity index (χ2v) is 1.85. The second kappa shape index (κ2) is 2.85. The molecular weight excluding hydrogens is 146 g/mol. The highest BCUT2D eigenvalue weighted by Gasteiger charge is 2.03. The van der Waals surface area contributed by atoms with E-state index in [1.807, 2.05) is 0 Å². The number of nitrogens with zero attached hydrogens (tertiary/aromatic N) is 5. The first kappa shape index (κ1) is 7.30. The first-order chi connectivity index (χ1) is 5.29. The van der Waals surface area contributed by atoms with Gasteiger partial charge in [0.1, 0.15) is 5.82 Å². The van der Waals surface area contributed by atoms with Crippen LogP contribution >= 0.6 is 0 Å². The van der Waals surface area contributed by atoms with E-state index in [1.165, 1.54) is 10.9 Å². The summed E-state index contributed by atoms with van der Waals surface area (Å²) >= 11 is 0. The molecule has 0 radical (unpaired) electrons. The molecule has 0 saturated heterocycles. The molecule has 11 heavy (non-hydrogen) atoms. The molecule has 0 aliphatic heterocycles. The molecule has 0 aliphatic carbocycles. The van der Waals surface area contributed by atoms with Crippen molar-refractivity contribution < 1.29 is 4.79 Å². The smallest absolute Gasteiger partial charge is 0.153 e. The van der Waals surface area contributed by atoms with Crippen molar-refractivity contribution >= 4 is 12.1 Å². The van der Waals surface area contributed by atoms with Crippen LogP contribution in [-0.2, 0) is 7.05 Å². The van der Waals surface area contributed by atoms with Gasteiger partial charge in [-0.15, -0.1) is 0 Å². The predicted octanol–water partition coefficient (Wildman–Crippen LogP) is 1.17. The molecular formula is C5H5N5O. The maximum Gasteiger partial charge on any atom is 0.153 e. The second-order valence-electron chi connectivity index (χ2n) is 1.85. The molecule has 56 valence electrons. The summed E-state index contributed by atoms with van der Waals surface area (Å²) in [6.45, 7) is 0. The molecule has 0 fully saturated rings. The molecule has 0 N–H and O–H groups in total. The third-order valence-corrected chi connectivity index (χ3v) is 1.20. The molecule has 1 aromatic heterocycles. The summed E-state index contributed by atoms with van der Waals surface area (Å²) in [5, 5.41) is 7.01. The van der Waals surface area contributed by atoms with Crippen LogP contribution < -0.4 is 0 Å². The van der Waals surface area contributed by atoms with Gasteiger partial charge in [-0.3, -0.25) is 9.48 Å².